The van der Waals surface area contributed by atoms with Crippen LogP contribution >= 0.6 is 0 Å². The highest BCUT2D eigenvalue weighted by Gasteiger charge is 2.17. The molecule has 0 aliphatic carbocycles. The maximum atomic E-state index is 3.64. The van der Waals surface area contributed by atoms with E-state index in [1.165, 1.54) is 23.1 Å². The van der Waals surface area contributed by atoms with Crippen LogP contribution in [0.3, 0.4) is 0 Å². The Morgan fingerprint density at radius 2 is 1.76 bits per heavy atom. The standard InChI is InChI=1S/C19H34N2/c1-8-20-19(13-21(7)17(6)11-14(2)3)18-10-9-15(4)16(5)12-18/h9-10,12,14,17,19-20H,8,11,13H2,1-7H3. The number of benzene rings is 1. The van der Waals surface area contributed by atoms with Gasteiger partial charge in [0.1, 0.15) is 0 Å². The minimum absolute atomic E-state index is 0.411. The van der Waals surface area contributed by atoms with Crippen LogP contribution in [-0.4, -0.2) is 31.1 Å². The highest BCUT2D eigenvalue weighted by atomic mass is 15.1. The number of nitrogens with one attached hydrogen (secondary N) is 1. The lowest BCUT2D eigenvalue weighted by molar-refractivity contribution is 0.206. The van der Waals surface area contributed by atoms with Crippen molar-refractivity contribution in [3.63, 3.8) is 0 Å². The molecule has 21 heavy (non-hydrogen) atoms. The lowest BCUT2D eigenvalue weighted by Gasteiger charge is -2.31. The van der Waals surface area contributed by atoms with Crippen LogP contribution < -0.4 is 5.32 Å². The lowest BCUT2D eigenvalue weighted by atomic mass is 9.99. The van der Waals surface area contributed by atoms with Gasteiger partial charge in [0.25, 0.3) is 0 Å². The second kappa shape index (κ2) is 8.55. The Morgan fingerprint density at radius 1 is 1.10 bits per heavy atom. The summed E-state index contributed by atoms with van der Waals surface area (Å²) in [5.74, 6) is 0.752. The Morgan fingerprint density at radius 3 is 2.29 bits per heavy atom. The molecule has 0 heterocycles. The smallest absolute Gasteiger partial charge is 0.0449 e. The Kier molecular flexibility index (Phi) is 7.41. The average molecular weight is 290 g/mol. The zero-order chi connectivity index (χ0) is 16.0. The summed E-state index contributed by atoms with van der Waals surface area (Å²) in [6.07, 6.45) is 1.25. The molecule has 1 aromatic rings. The summed E-state index contributed by atoms with van der Waals surface area (Å²) < 4.78 is 0. The zero-order valence-electron chi connectivity index (χ0n) is 15.0. The molecule has 0 aliphatic heterocycles. The molecular formula is C19H34N2. The molecule has 120 valence electrons. The quantitative estimate of drug-likeness (QED) is 0.767. The number of nitrogens with zero attached hydrogens (tertiary/aromatic N) is 1. The molecule has 0 aromatic heterocycles. The molecule has 0 spiro atoms. The average Bonchev–Trinajstić information content (AvgIpc) is 2.40. The van der Waals surface area contributed by atoms with Crippen LogP contribution in [-0.2, 0) is 0 Å². The van der Waals surface area contributed by atoms with Crippen molar-refractivity contribution < 1.29 is 0 Å². The van der Waals surface area contributed by atoms with Crippen LogP contribution in [0.1, 0.15) is 56.8 Å². The van der Waals surface area contributed by atoms with Gasteiger partial charge in [-0.1, -0.05) is 39.0 Å². The molecule has 0 saturated carbocycles. The van der Waals surface area contributed by atoms with Crippen molar-refractivity contribution in [2.75, 3.05) is 20.1 Å². The topological polar surface area (TPSA) is 15.3 Å². The van der Waals surface area contributed by atoms with E-state index in [-0.39, 0.29) is 0 Å². The summed E-state index contributed by atoms with van der Waals surface area (Å²) in [6.45, 7) is 15.6. The Bertz CT molecular complexity index is 426. The normalized spacial score (nSPS) is 14.7. The number of hydrogen-bond acceptors (Lipinski definition) is 2. The molecule has 0 bridgehead atoms. The van der Waals surface area contributed by atoms with Crippen molar-refractivity contribution in [1.82, 2.24) is 10.2 Å². The van der Waals surface area contributed by atoms with E-state index < -0.39 is 0 Å². The molecule has 1 N–H and O–H groups in total. The van der Waals surface area contributed by atoms with Crippen molar-refractivity contribution in [2.24, 2.45) is 5.92 Å². The second-order valence-electron chi connectivity index (χ2n) is 6.87. The Balaban J connectivity index is 2.79. The van der Waals surface area contributed by atoms with Crippen LogP contribution in [0.2, 0.25) is 0 Å². The summed E-state index contributed by atoms with van der Waals surface area (Å²) in [5.41, 5.74) is 4.16. The number of aryl methyl sites for hydroxylation is 2. The summed E-state index contributed by atoms with van der Waals surface area (Å²) >= 11 is 0. The van der Waals surface area contributed by atoms with Gasteiger partial charge in [0, 0.05) is 18.6 Å². The molecule has 2 nitrogen and oxygen atoms in total. The van der Waals surface area contributed by atoms with Crippen LogP contribution in [0.5, 0.6) is 0 Å². The van der Waals surface area contributed by atoms with Crippen LogP contribution in [0, 0.1) is 19.8 Å². The van der Waals surface area contributed by atoms with E-state index >= 15 is 0 Å². The number of likely N-dealkylation sites (N-methyl/N-ethyl adjacent to an activating group) is 2. The van der Waals surface area contributed by atoms with Crippen molar-refractivity contribution >= 4 is 0 Å². The fraction of sp³-hybridized carbons (Fsp3) is 0.684. The third kappa shape index (κ3) is 5.80. The van der Waals surface area contributed by atoms with Crippen LogP contribution in [0.4, 0.5) is 0 Å². The predicted molar refractivity (Wildman–Crippen MR) is 93.9 cm³/mol. The van der Waals surface area contributed by atoms with Crippen molar-refractivity contribution in [2.45, 2.75) is 60.0 Å². The van der Waals surface area contributed by atoms with Crippen molar-refractivity contribution in [3.8, 4) is 0 Å². The minimum atomic E-state index is 0.411. The summed E-state index contributed by atoms with van der Waals surface area (Å²) in [5, 5.41) is 3.64. The van der Waals surface area contributed by atoms with E-state index in [0.717, 1.165) is 19.0 Å². The third-order valence-electron chi connectivity index (χ3n) is 4.42. The van der Waals surface area contributed by atoms with E-state index in [4.69, 9.17) is 0 Å². The molecular weight excluding hydrogens is 256 g/mol. The molecule has 2 unspecified atom stereocenters. The maximum Gasteiger partial charge on any atom is 0.0449 e. The summed E-state index contributed by atoms with van der Waals surface area (Å²) in [6, 6.07) is 7.89. The van der Waals surface area contributed by atoms with E-state index in [1.54, 1.807) is 0 Å². The van der Waals surface area contributed by atoms with Crippen LogP contribution in [0.15, 0.2) is 18.2 Å². The molecule has 0 amide bonds. The second-order valence-corrected chi connectivity index (χ2v) is 6.87. The molecule has 2 heteroatoms. The SMILES string of the molecule is CCNC(CN(C)C(C)CC(C)C)c1ccc(C)c(C)c1. The van der Waals surface area contributed by atoms with Crippen LogP contribution in [0.25, 0.3) is 0 Å². The monoisotopic (exact) mass is 290 g/mol. The predicted octanol–water partition coefficient (Wildman–Crippen LogP) is 4.32. The molecule has 0 fully saturated rings. The molecule has 0 radical (unpaired) electrons. The first-order valence-electron chi connectivity index (χ1n) is 8.35. The molecule has 1 rings (SSSR count). The Labute approximate surface area is 131 Å². The number of rotatable bonds is 8. The van der Waals surface area contributed by atoms with Gasteiger partial charge < -0.3 is 10.2 Å². The van der Waals surface area contributed by atoms with E-state index in [2.05, 4.69) is 77.0 Å². The first kappa shape index (κ1) is 18.2. The first-order valence-corrected chi connectivity index (χ1v) is 8.35. The van der Waals surface area contributed by atoms with Gasteiger partial charge in [0.2, 0.25) is 0 Å². The van der Waals surface area contributed by atoms with Crippen molar-refractivity contribution in [1.29, 1.82) is 0 Å². The maximum absolute atomic E-state index is 3.64. The zero-order valence-corrected chi connectivity index (χ0v) is 15.0. The van der Waals surface area contributed by atoms with Gasteiger partial charge >= 0.3 is 0 Å². The van der Waals surface area contributed by atoms with Crippen molar-refractivity contribution in [3.05, 3.63) is 34.9 Å². The fourth-order valence-corrected chi connectivity index (χ4v) is 2.85. The molecule has 1 aromatic carbocycles. The van der Waals surface area contributed by atoms with Gasteiger partial charge in [0.05, 0.1) is 0 Å². The Hall–Kier alpha value is -0.860. The van der Waals surface area contributed by atoms with Gasteiger partial charge in [-0.3, -0.25) is 0 Å². The summed E-state index contributed by atoms with van der Waals surface area (Å²) in [7, 11) is 2.25. The highest BCUT2D eigenvalue weighted by molar-refractivity contribution is 5.31. The van der Waals surface area contributed by atoms with Gasteiger partial charge in [0.15, 0.2) is 0 Å². The van der Waals surface area contributed by atoms with Gasteiger partial charge in [-0.2, -0.15) is 0 Å². The number of hydrogen-bond donors (Lipinski definition) is 1. The summed E-state index contributed by atoms with van der Waals surface area (Å²) in [4.78, 5) is 2.49. The minimum Gasteiger partial charge on any atom is -0.309 e. The van der Waals surface area contributed by atoms with Gasteiger partial charge in [-0.05, 0) is 63.4 Å². The van der Waals surface area contributed by atoms with E-state index in [0.29, 0.717) is 12.1 Å². The van der Waals surface area contributed by atoms with E-state index in [1.807, 2.05) is 0 Å². The molecule has 2 atom stereocenters. The van der Waals surface area contributed by atoms with Gasteiger partial charge in [-0.15, -0.1) is 0 Å². The molecule has 0 saturated heterocycles. The lowest BCUT2D eigenvalue weighted by Crippen LogP contribution is -2.38. The molecule has 0 aliphatic rings. The third-order valence-corrected chi connectivity index (χ3v) is 4.42. The fourth-order valence-electron chi connectivity index (χ4n) is 2.85. The first-order chi connectivity index (χ1) is 9.85. The highest BCUT2D eigenvalue weighted by Crippen LogP contribution is 2.20. The van der Waals surface area contributed by atoms with Gasteiger partial charge in [-0.25, -0.2) is 0 Å². The van der Waals surface area contributed by atoms with E-state index in [9.17, 15) is 0 Å². The largest absolute Gasteiger partial charge is 0.309 e.